The van der Waals surface area contributed by atoms with Crippen molar-refractivity contribution in [3.05, 3.63) is 0 Å². The molecule has 0 bridgehead atoms. The van der Waals surface area contributed by atoms with Crippen LogP contribution in [0.4, 0.5) is 0 Å². The third kappa shape index (κ3) is 5.63. The number of rotatable bonds is 2. The van der Waals surface area contributed by atoms with E-state index >= 15 is 0 Å². The molecular weight excluding hydrogens is 190 g/mol. The molecular formula is C8H15NO5. The van der Waals surface area contributed by atoms with E-state index in [9.17, 15) is 9.59 Å². The van der Waals surface area contributed by atoms with Gasteiger partial charge in [0, 0.05) is 0 Å². The molecule has 0 unspecified atom stereocenters. The molecule has 0 amide bonds. The highest BCUT2D eigenvalue weighted by molar-refractivity contribution is 5.78. The number of aliphatic hydroxyl groups excluding tert-OH is 1. The molecule has 0 radical (unpaired) electrons. The van der Waals surface area contributed by atoms with Crippen molar-refractivity contribution in [3.8, 4) is 0 Å². The number of aliphatic hydroxyl groups is 2. The molecule has 6 nitrogen and oxygen atoms in total. The van der Waals surface area contributed by atoms with Gasteiger partial charge in [-0.15, -0.1) is 0 Å². The number of ketones is 1. The van der Waals surface area contributed by atoms with E-state index in [0.717, 1.165) is 26.3 Å². The van der Waals surface area contributed by atoms with Gasteiger partial charge < -0.3 is 20.6 Å². The summed E-state index contributed by atoms with van der Waals surface area (Å²) in [6.45, 7) is 1.96. The van der Waals surface area contributed by atoms with Crippen molar-refractivity contribution >= 4 is 11.8 Å². The summed E-state index contributed by atoms with van der Waals surface area (Å²) in [6, 6.07) is -0.269. The van der Waals surface area contributed by atoms with E-state index in [4.69, 9.17) is 15.3 Å². The predicted molar refractivity (Wildman–Crippen MR) is 47.6 cm³/mol. The lowest BCUT2D eigenvalue weighted by molar-refractivity contribution is -0.142. The number of carboxylic acids is 1. The van der Waals surface area contributed by atoms with Crippen molar-refractivity contribution in [2.24, 2.45) is 0 Å². The highest BCUT2D eigenvalue weighted by atomic mass is 16.5. The van der Waals surface area contributed by atoms with E-state index in [1.807, 2.05) is 0 Å². The zero-order chi connectivity index (χ0) is 11.1. The van der Waals surface area contributed by atoms with Crippen molar-refractivity contribution in [1.82, 2.24) is 5.32 Å². The molecule has 6 heteroatoms. The maximum Gasteiger partial charge on any atom is 0.320 e. The van der Waals surface area contributed by atoms with Crippen LogP contribution < -0.4 is 5.32 Å². The fourth-order valence-corrected chi connectivity index (χ4v) is 0.895. The molecule has 0 aromatic carbocycles. The maximum atomic E-state index is 10.1. The van der Waals surface area contributed by atoms with Crippen LogP contribution in [-0.2, 0) is 9.59 Å². The van der Waals surface area contributed by atoms with Crippen LogP contribution in [-0.4, -0.2) is 45.9 Å². The summed E-state index contributed by atoms with van der Waals surface area (Å²) in [4.78, 5) is 19.8. The second-order valence-corrected chi connectivity index (χ2v) is 2.97. The number of carbonyl (C=O) groups excluding carboxylic acids is 1. The van der Waals surface area contributed by atoms with Crippen LogP contribution in [0.3, 0.4) is 0 Å². The fraction of sp³-hybridized carbons (Fsp3) is 0.750. The van der Waals surface area contributed by atoms with Crippen molar-refractivity contribution in [2.75, 3.05) is 6.54 Å². The Kier molecular flexibility index (Phi) is 6.02. The number of hydrogen-bond donors (Lipinski definition) is 4. The number of carbonyl (C=O) groups is 2. The van der Waals surface area contributed by atoms with Crippen LogP contribution in [0, 0.1) is 0 Å². The van der Waals surface area contributed by atoms with Crippen LogP contribution in [0.1, 0.15) is 19.8 Å². The zero-order valence-corrected chi connectivity index (χ0v) is 7.93. The van der Waals surface area contributed by atoms with E-state index < -0.39 is 18.0 Å². The Labute approximate surface area is 81.5 Å². The lowest BCUT2D eigenvalue weighted by Crippen LogP contribution is -2.29. The first-order chi connectivity index (χ1) is 6.45. The SMILES string of the molecule is CC(=O)C(O)O.O=C(O)[C@@H]1CCCN1. The molecule has 1 heterocycles. The summed E-state index contributed by atoms with van der Waals surface area (Å²) in [6.07, 6.45) is -0.00301. The number of hydrogen-bond acceptors (Lipinski definition) is 5. The van der Waals surface area contributed by atoms with Gasteiger partial charge in [-0.05, 0) is 26.3 Å². The average Bonchev–Trinajstić information content (AvgIpc) is 2.56. The quantitative estimate of drug-likeness (QED) is 0.418. The molecule has 1 aliphatic rings. The van der Waals surface area contributed by atoms with E-state index in [0.29, 0.717) is 0 Å². The van der Waals surface area contributed by atoms with Gasteiger partial charge >= 0.3 is 5.97 Å². The van der Waals surface area contributed by atoms with Gasteiger partial charge in [0.1, 0.15) is 6.04 Å². The van der Waals surface area contributed by atoms with Gasteiger partial charge in [-0.1, -0.05) is 0 Å². The van der Waals surface area contributed by atoms with Crippen molar-refractivity contribution in [2.45, 2.75) is 32.1 Å². The standard InChI is InChI=1S/C5H9NO2.C3H6O3/c7-5(8)4-2-1-3-6-4;1-2(4)3(5)6/h4,6H,1-3H2,(H,7,8);3,5-6H,1H3/t4-;/m0./s1. The summed E-state index contributed by atoms with van der Waals surface area (Å²) in [5, 5.41) is 26.9. The summed E-state index contributed by atoms with van der Waals surface area (Å²) in [5.41, 5.74) is 0. The third-order valence-electron chi connectivity index (χ3n) is 1.72. The first kappa shape index (κ1) is 13.0. The molecule has 1 rings (SSSR count). The molecule has 0 aromatic heterocycles. The van der Waals surface area contributed by atoms with Crippen molar-refractivity contribution in [1.29, 1.82) is 0 Å². The first-order valence-electron chi connectivity index (χ1n) is 4.28. The second kappa shape index (κ2) is 6.47. The zero-order valence-electron chi connectivity index (χ0n) is 7.93. The normalized spacial score (nSPS) is 20.1. The van der Waals surface area contributed by atoms with E-state index in [2.05, 4.69) is 5.32 Å². The Morgan fingerprint density at radius 2 is 1.93 bits per heavy atom. The second-order valence-electron chi connectivity index (χ2n) is 2.97. The van der Waals surface area contributed by atoms with E-state index in [1.54, 1.807) is 0 Å². The van der Waals surface area contributed by atoms with Crippen molar-refractivity contribution in [3.63, 3.8) is 0 Å². The van der Waals surface area contributed by atoms with Crippen LogP contribution >= 0.6 is 0 Å². The van der Waals surface area contributed by atoms with Crippen LogP contribution in [0.2, 0.25) is 0 Å². The van der Waals surface area contributed by atoms with Gasteiger partial charge in [0.05, 0.1) is 0 Å². The Morgan fingerprint density at radius 3 is 2.07 bits per heavy atom. The molecule has 0 aliphatic carbocycles. The van der Waals surface area contributed by atoms with Gasteiger partial charge in [-0.25, -0.2) is 0 Å². The molecule has 0 spiro atoms. The molecule has 14 heavy (non-hydrogen) atoms. The average molecular weight is 205 g/mol. The Bertz CT molecular complexity index is 198. The predicted octanol–water partition coefficient (Wildman–Crippen LogP) is -1.29. The number of nitrogens with one attached hydrogen (secondary N) is 1. The monoisotopic (exact) mass is 205 g/mol. The first-order valence-corrected chi connectivity index (χ1v) is 4.28. The fourth-order valence-electron chi connectivity index (χ4n) is 0.895. The summed E-state index contributed by atoms with van der Waals surface area (Å²) >= 11 is 0. The smallest absolute Gasteiger partial charge is 0.320 e. The van der Waals surface area contributed by atoms with Crippen LogP contribution in [0.25, 0.3) is 0 Å². The lowest BCUT2D eigenvalue weighted by Gasteiger charge is -1.99. The van der Waals surface area contributed by atoms with Gasteiger partial charge in [0.2, 0.25) is 6.29 Å². The summed E-state index contributed by atoms with van der Waals surface area (Å²) in [7, 11) is 0. The number of carboxylic acid groups (broad SMARTS) is 1. The van der Waals surface area contributed by atoms with Gasteiger partial charge in [-0.2, -0.15) is 0 Å². The van der Waals surface area contributed by atoms with Crippen molar-refractivity contribution < 1.29 is 24.9 Å². The van der Waals surface area contributed by atoms with Crippen LogP contribution in [0.15, 0.2) is 0 Å². The Hall–Kier alpha value is -0.980. The maximum absolute atomic E-state index is 10.1. The minimum atomic E-state index is -1.79. The molecule has 1 saturated heterocycles. The molecule has 0 saturated carbocycles. The topological polar surface area (TPSA) is 107 Å². The third-order valence-corrected chi connectivity index (χ3v) is 1.72. The van der Waals surface area contributed by atoms with Gasteiger partial charge in [0.15, 0.2) is 5.78 Å². The van der Waals surface area contributed by atoms with Crippen LogP contribution in [0.5, 0.6) is 0 Å². The lowest BCUT2D eigenvalue weighted by atomic mass is 10.2. The van der Waals surface area contributed by atoms with E-state index in [-0.39, 0.29) is 6.04 Å². The molecule has 4 N–H and O–H groups in total. The number of aliphatic carboxylic acids is 1. The summed E-state index contributed by atoms with van der Waals surface area (Å²) in [5.74, 6) is -1.35. The number of Topliss-reactive ketones (excluding diaryl/α,β-unsaturated/α-hetero) is 1. The molecule has 82 valence electrons. The Balaban J connectivity index is 0.000000255. The molecule has 1 atom stereocenters. The molecule has 1 fully saturated rings. The summed E-state index contributed by atoms with van der Waals surface area (Å²) < 4.78 is 0. The Morgan fingerprint density at radius 1 is 1.43 bits per heavy atom. The van der Waals surface area contributed by atoms with E-state index in [1.165, 1.54) is 0 Å². The van der Waals surface area contributed by atoms with Gasteiger partial charge in [0.25, 0.3) is 0 Å². The molecule has 0 aromatic rings. The highest BCUT2D eigenvalue weighted by Crippen LogP contribution is 2.03. The minimum Gasteiger partial charge on any atom is -0.480 e. The largest absolute Gasteiger partial charge is 0.480 e. The highest BCUT2D eigenvalue weighted by Gasteiger charge is 2.20. The minimum absolute atomic E-state index is 0.269. The van der Waals surface area contributed by atoms with Gasteiger partial charge in [-0.3, -0.25) is 9.59 Å². The molecule has 1 aliphatic heterocycles.